The number of imidazole rings is 1. The molecule has 0 spiro atoms. The van der Waals surface area contributed by atoms with E-state index in [9.17, 15) is 8.42 Å². The molecule has 0 aliphatic carbocycles. The Morgan fingerprint density at radius 2 is 2.00 bits per heavy atom. The second-order valence-electron chi connectivity index (χ2n) is 8.54. The Morgan fingerprint density at radius 3 is 2.59 bits per heavy atom. The number of fused-ring (bicyclic) bond motifs is 1. The molecule has 10 nitrogen and oxygen atoms in total. The maximum atomic E-state index is 11.6. The minimum absolute atomic E-state index is 0.0279. The molecule has 1 aliphatic heterocycles. The molecule has 4 atom stereocenters. The summed E-state index contributed by atoms with van der Waals surface area (Å²) >= 11 is 0. The summed E-state index contributed by atoms with van der Waals surface area (Å²) in [6.07, 6.45) is 2.92. The Kier molecular flexibility index (Phi) is 6.02. The molecule has 161 valence electrons. The maximum Gasteiger partial charge on any atom is 0.264 e. The van der Waals surface area contributed by atoms with Crippen LogP contribution in [0.2, 0.25) is 13.1 Å². The third-order valence-corrected chi connectivity index (χ3v) is 6.02. The van der Waals surface area contributed by atoms with Gasteiger partial charge < -0.3 is 14.9 Å². The number of nitrogen functional groups attached to an aromatic ring is 1. The molecule has 2 aromatic heterocycles. The first kappa shape index (κ1) is 22.1. The first-order valence-electron chi connectivity index (χ1n) is 9.28. The van der Waals surface area contributed by atoms with Gasteiger partial charge in [0.1, 0.15) is 18.1 Å². The van der Waals surface area contributed by atoms with E-state index in [-0.39, 0.29) is 36.0 Å². The quantitative estimate of drug-likeness (QED) is 0.501. The van der Waals surface area contributed by atoms with Gasteiger partial charge in [-0.15, -0.1) is 0 Å². The molecule has 3 heterocycles. The van der Waals surface area contributed by atoms with Crippen LogP contribution in [0.25, 0.3) is 11.2 Å². The van der Waals surface area contributed by atoms with Gasteiger partial charge in [-0.05, 0) is 18.5 Å². The first-order chi connectivity index (χ1) is 13.4. The van der Waals surface area contributed by atoms with Crippen LogP contribution >= 0.6 is 0 Å². The van der Waals surface area contributed by atoms with Crippen LogP contribution < -0.4 is 5.73 Å². The molecule has 4 unspecified atom stereocenters. The van der Waals surface area contributed by atoms with Gasteiger partial charge in [-0.25, -0.2) is 15.0 Å². The molecular weight excluding hydrogens is 414 g/mol. The summed E-state index contributed by atoms with van der Waals surface area (Å²) in [4.78, 5) is 12.5. The van der Waals surface area contributed by atoms with E-state index in [1.54, 1.807) is 10.9 Å². The van der Waals surface area contributed by atoms with Gasteiger partial charge in [0.25, 0.3) is 10.1 Å². The summed E-state index contributed by atoms with van der Waals surface area (Å²) in [5, 5.41) is 0. The number of anilines is 1. The summed E-state index contributed by atoms with van der Waals surface area (Å²) < 4.78 is 42.6. The highest BCUT2D eigenvalue weighted by molar-refractivity contribution is 7.85. The zero-order chi connectivity index (χ0) is 21.6. The van der Waals surface area contributed by atoms with Crippen LogP contribution in [0.5, 0.6) is 0 Å². The lowest BCUT2D eigenvalue weighted by Crippen LogP contribution is -2.58. The zero-order valence-electron chi connectivity index (χ0n) is 17.5. The fraction of sp³-hybridized carbons (Fsp3) is 0.706. The van der Waals surface area contributed by atoms with Crippen LogP contribution in [0.15, 0.2) is 12.7 Å². The fourth-order valence-electron chi connectivity index (χ4n) is 3.43. The number of rotatable bonds is 7. The lowest BCUT2D eigenvalue weighted by molar-refractivity contribution is -0.270. The molecular formula is C17H28N5O5SSi. The van der Waals surface area contributed by atoms with Gasteiger partial charge in [0, 0.05) is 0 Å². The third-order valence-electron chi connectivity index (χ3n) is 4.74. The van der Waals surface area contributed by atoms with Crippen molar-refractivity contribution >= 4 is 36.1 Å². The summed E-state index contributed by atoms with van der Waals surface area (Å²) in [7, 11) is -4.61. The first-order valence-corrected chi connectivity index (χ1v) is 13.5. The van der Waals surface area contributed by atoms with Crippen molar-refractivity contribution in [3.8, 4) is 0 Å². The number of nitrogens with zero attached hydrogens (tertiary/aromatic N) is 4. The zero-order valence-corrected chi connectivity index (χ0v) is 19.3. The average molecular weight is 443 g/mol. The topological polar surface area (TPSA) is 131 Å². The molecule has 2 aromatic rings. The van der Waals surface area contributed by atoms with Gasteiger partial charge in [-0.1, -0.05) is 20.8 Å². The standard InChI is InChI=1S/C17H28N5O5SSi/c1-17(2,3)13(27-29(5)6)12-10(7-25-28(4,23)24)16(26-12)22-9-21-11-14(18)19-8-20-15(11)22/h8-10,12-13,16H,7H2,1-6H3,(H2,18,19,20). The largest absolute Gasteiger partial charge is 0.411 e. The second kappa shape index (κ2) is 7.91. The molecule has 1 fully saturated rings. The second-order valence-corrected chi connectivity index (χ2v) is 12.2. The Labute approximate surface area is 172 Å². The van der Waals surface area contributed by atoms with Crippen LogP contribution in [0.4, 0.5) is 5.82 Å². The Balaban J connectivity index is 1.94. The van der Waals surface area contributed by atoms with Crippen molar-refractivity contribution in [3.05, 3.63) is 12.7 Å². The Morgan fingerprint density at radius 1 is 1.31 bits per heavy atom. The van der Waals surface area contributed by atoms with E-state index in [1.807, 2.05) is 0 Å². The number of nitrogens with two attached hydrogens (primary N) is 1. The van der Waals surface area contributed by atoms with Crippen LogP contribution in [0.3, 0.4) is 0 Å². The molecule has 0 bridgehead atoms. The van der Waals surface area contributed by atoms with Gasteiger partial charge in [-0.3, -0.25) is 8.75 Å². The molecule has 0 amide bonds. The van der Waals surface area contributed by atoms with Crippen molar-refractivity contribution in [1.29, 1.82) is 0 Å². The van der Waals surface area contributed by atoms with Crippen LogP contribution in [0, 0.1) is 11.3 Å². The molecule has 1 radical (unpaired) electrons. The highest BCUT2D eigenvalue weighted by atomic mass is 32.2. The minimum atomic E-state index is -3.61. The smallest absolute Gasteiger partial charge is 0.264 e. The molecule has 29 heavy (non-hydrogen) atoms. The van der Waals surface area contributed by atoms with E-state index in [0.717, 1.165) is 6.26 Å². The normalized spacial score (nSPS) is 24.0. The Bertz CT molecular complexity index is 974. The summed E-state index contributed by atoms with van der Waals surface area (Å²) in [5.74, 6) is -0.00226. The minimum Gasteiger partial charge on any atom is -0.411 e. The number of ether oxygens (including phenoxy) is 1. The summed E-state index contributed by atoms with van der Waals surface area (Å²) in [6, 6.07) is 0. The molecule has 1 aliphatic rings. The van der Waals surface area contributed by atoms with Gasteiger partial charge in [0.2, 0.25) is 9.04 Å². The van der Waals surface area contributed by atoms with E-state index < -0.39 is 25.4 Å². The van der Waals surface area contributed by atoms with E-state index >= 15 is 0 Å². The Hall–Kier alpha value is -1.60. The lowest BCUT2D eigenvalue weighted by Gasteiger charge is -2.51. The van der Waals surface area contributed by atoms with Crippen molar-refractivity contribution in [2.75, 3.05) is 18.6 Å². The van der Waals surface area contributed by atoms with E-state index in [1.165, 1.54) is 6.33 Å². The van der Waals surface area contributed by atoms with E-state index in [2.05, 4.69) is 48.8 Å². The van der Waals surface area contributed by atoms with E-state index in [0.29, 0.717) is 11.2 Å². The van der Waals surface area contributed by atoms with Crippen molar-refractivity contribution in [3.63, 3.8) is 0 Å². The van der Waals surface area contributed by atoms with Crippen LogP contribution in [-0.2, 0) is 23.5 Å². The fourth-order valence-corrected chi connectivity index (χ4v) is 4.83. The summed E-state index contributed by atoms with van der Waals surface area (Å²) in [5.41, 5.74) is 6.67. The SMILES string of the molecule is C[Si](C)OC(C1OC(n2cnc3c(N)ncnc32)C1COS(C)(=O)=O)C(C)(C)C. The predicted octanol–water partition coefficient (Wildman–Crippen LogP) is 1.58. The molecule has 1 saturated heterocycles. The summed E-state index contributed by atoms with van der Waals surface area (Å²) in [6.45, 7) is 10.3. The van der Waals surface area contributed by atoms with Crippen LogP contribution in [-0.4, -0.2) is 62.0 Å². The third kappa shape index (κ3) is 4.77. The number of hydrogen-bond acceptors (Lipinski definition) is 9. The molecule has 3 rings (SSSR count). The molecule has 0 saturated carbocycles. The van der Waals surface area contributed by atoms with E-state index in [4.69, 9.17) is 19.1 Å². The highest BCUT2D eigenvalue weighted by Gasteiger charge is 2.52. The lowest BCUT2D eigenvalue weighted by atomic mass is 9.78. The van der Waals surface area contributed by atoms with Gasteiger partial charge in [0.05, 0.1) is 37.3 Å². The van der Waals surface area contributed by atoms with Crippen LogP contribution in [0.1, 0.15) is 27.0 Å². The monoisotopic (exact) mass is 442 g/mol. The predicted molar refractivity (Wildman–Crippen MR) is 110 cm³/mol. The van der Waals surface area contributed by atoms with Crippen molar-refractivity contribution < 1.29 is 21.8 Å². The molecule has 0 aromatic carbocycles. The van der Waals surface area contributed by atoms with Crippen molar-refractivity contribution in [2.45, 2.75) is 52.3 Å². The van der Waals surface area contributed by atoms with Gasteiger partial charge in [0.15, 0.2) is 11.5 Å². The number of hydrogen-bond donors (Lipinski definition) is 1. The molecule has 12 heteroatoms. The van der Waals surface area contributed by atoms with Crippen molar-refractivity contribution in [2.24, 2.45) is 11.3 Å². The average Bonchev–Trinajstić information content (AvgIpc) is 2.96. The number of aromatic nitrogens is 4. The van der Waals surface area contributed by atoms with Crippen molar-refractivity contribution in [1.82, 2.24) is 19.5 Å². The van der Waals surface area contributed by atoms with Gasteiger partial charge in [-0.2, -0.15) is 8.42 Å². The maximum absolute atomic E-state index is 11.6. The molecule has 2 N–H and O–H groups in total. The highest BCUT2D eigenvalue weighted by Crippen LogP contribution is 2.45. The van der Waals surface area contributed by atoms with Gasteiger partial charge >= 0.3 is 0 Å².